The van der Waals surface area contributed by atoms with Crippen molar-refractivity contribution in [3.05, 3.63) is 29.8 Å². The topological polar surface area (TPSA) is 101 Å². The highest BCUT2D eigenvalue weighted by Crippen LogP contribution is 2.29. The average Bonchev–Trinajstić information content (AvgIpc) is 3.02. The lowest BCUT2D eigenvalue weighted by Crippen LogP contribution is -2.51. The minimum absolute atomic E-state index is 0. The van der Waals surface area contributed by atoms with Crippen LogP contribution in [0.5, 0.6) is 0 Å². The van der Waals surface area contributed by atoms with Crippen molar-refractivity contribution in [2.75, 3.05) is 13.1 Å². The molecule has 1 saturated carbocycles. The summed E-state index contributed by atoms with van der Waals surface area (Å²) < 4.78 is 26.9. The number of carbonyl (C=O) groups is 1. The van der Waals surface area contributed by atoms with E-state index < -0.39 is 10.0 Å². The van der Waals surface area contributed by atoms with Crippen molar-refractivity contribution >= 4 is 28.3 Å². The van der Waals surface area contributed by atoms with Crippen LogP contribution in [0, 0.1) is 5.92 Å². The second-order valence-electron chi connectivity index (χ2n) is 6.92. The highest BCUT2D eigenvalue weighted by atomic mass is 35.5. The van der Waals surface area contributed by atoms with E-state index in [0.717, 1.165) is 25.7 Å². The molecule has 0 bridgehead atoms. The fourth-order valence-corrected chi connectivity index (χ4v) is 4.10. The van der Waals surface area contributed by atoms with Gasteiger partial charge in [-0.25, -0.2) is 13.1 Å². The SMILES string of the molecule is CC(C)CNS(=O)(=O)c1ccc(C(=O)NC2(CN)CCCC2)cc1.Cl. The Morgan fingerprint density at radius 1 is 1.20 bits per heavy atom. The standard InChI is InChI=1S/C17H27N3O3S.ClH/c1-13(2)11-19-24(22,23)15-7-5-14(6-8-15)16(21)20-17(12-18)9-3-4-10-17;/h5-8,13,19H,3-4,9-12,18H2,1-2H3,(H,20,21);1H. The van der Waals surface area contributed by atoms with Crippen LogP contribution < -0.4 is 15.8 Å². The normalized spacial score (nSPS) is 16.5. The summed E-state index contributed by atoms with van der Waals surface area (Å²) in [5.74, 6) is 0.0186. The second-order valence-corrected chi connectivity index (χ2v) is 8.68. The smallest absolute Gasteiger partial charge is 0.251 e. The summed E-state index contributed by atoms with van der Waals surface area (Å²) in [5, 5.41) is 3.03. The summed E-state index contributed by atoms with van der Waals surface area (Å²) in [7, 11) is -3.54. The zero-order valence-electron chi connectivity index (χ0n) is 14.7. The van der Waals surface area contributed by atoms with Crippen molar-refractivity contribution in [2.45, 2.75) is 50.0 Å². The fourth-order valence-electron chi connectivity index (χ4n) is 2.89. The van der Waals surface area contributed by atoms with Gasteiger partial charge in [-0.3, -0.25) is 4.79 Å². The molecule has 0 atom stereocenters. The third kappa shape index (κ3) is 5.67. The highest BCUT2D eigenvalue weighted by Gasteiger charge is 2.34. The van der Waals surface area contributed by atoms with Crippen molar-refractivity contribution in [3.8, 4) is 0 Å². The van der Waals surface area contributed by atoms with Crippen LogP contribution in [-0.4, -0.2) is 33.0 Å². The van der Waals surface area contributed by atoms with Crippen molar-refractivity contribution in [2.24, 2.45) is 11.7 Å². The van der Waals surface area contributed by atoms with E-state index in [1.165, 1.54) is 12.1 Å². The average molecular weight is 390 g/mol. The van der Waals surface area contributed by atoms with Gasteiger partial charge in [0.2, 0.25) is 10.0 Å². The molecular formula is C17H28ClN3O3S. The molecule has 0 saturated heterocycles. The first-order valence-corrected chi connectivity index (χ1v) is 9.89. The van der Waals surface area contributed by atoms with Crippen LogP contribution in [-0.2, 0) is 10.0 Å². The van der Waals surface area contributed by atoms with Gasteiger partial charge < -0.3 is 11.1 Å². The number of amides is 1. The van der Waals surface area contributed by atoms with Crippen LogP contribution in [0.4, 0.5) is 0 Å². The highest BCUT2D eigenvalue weighted by molar-refractivity contribution is 7.89. The number of benzene rings is 1. The van der Waals surface area contributed by atoms with Gasteiger partial charge in [0.25, 0.3) is 5.91 Å². The lowest BCUT2D eigenvalue weighted by Gasteiger charge is -2.28. The summed E-state index contributed by atoms with van der Waals surface area (Å²) in [6.07, 6.45) is 3.91. The molecule has 4 N–H and O–H groups in total. The van der Waals surface area contributed by atoms with Crippen LogP contribution in [0.1, 0.15) is 49.9 Å². The molecule has 0 unspecified atom stereocenters. The molecule has 0 aliphatic heterocycles. The Balaban J connectivity index is 0.00000312. The Kier molecular flexibility index (Phi) is 7.87. The molecule has 8 heteroatoms. The molecule has 1 fully saturated rings. The lowest BCUT2D eigenvalue weighted by atomic mass is 9.97. The van der Waals surface area contributed by atoms with Crippen LogP contribution in [0.15, 0.2) is 29.2 Å². The summed E-state index contributed by atoms with van der Waals surface area (Å²) in [6.45, 7) is 4.67. The number of carbonyl (C=O) groups excluding carboxylic acids is 1. The first-order valence-electron chi connectivity index (χ1n) is 8.40. The molecule has 1 aliphatic carbocycles. The number of nitrogens with two attached hydrogens (primary N) is 1. The van der Waals surface area contributed by atoms with E-state index in [0.29, 0.717) is 18.7 Å². The van der Waals surface area contributed by atoms with Gasteiger partial charge in [-0.2, -0.15) is 0 Å². The Labute approximate surface area is 156 Å². The van der Waals surface area contributed by atoms with Gasteiger partial charge in [0.15, 0.2) is 0 Å². The molecule has 0 radical (unpaired) electrons. The zero-order valence-corrected chi connectivity index (χ0v) is 16.4. The van der Waals surface area contributed by atoms with Gasteiger partial charge in [0.1, 0.15) is 0 Å². The Morgan fingerprint density at radius 3 is 2.24 bits per heavy atom. The molecule has 2 rings (SSSR count). The van der Waals surface area contributed by atoms with Gasteiger partial charge >= 0.3 is 0 Å². The quantitative estimate of drug-likeness (QED) is 0.664. The summed E-state index contributed by atoms with van der Waals surface area (Å²) in [5.41, 5.74) is 5.96. The molecule has 1 aliphatic rings. The van der Waals surface area contributed by atoms with Gasteiger partial charge in [-0.05, 0) is 43.0 Å². The van der Waals surface area contributed by atoms with Gasteiger partial charge in [0, 0.05) is 18.7 Å². The maximum atomic E-state index is 12.4. The van der Waals surface area contributed by atoms with E-state index in [2.05, 4.69) is 10.0 Å². The number of rotatable bonds is 7. The van der Waals surface area contributed by atoms with Gasteiger partial charge in [-0.15, -0.1) is 12.4 Å². The van der Waals surface area contributed by atoms with Crippen LogP contribution in [0.3, 0.4) is 0 Å². The van der Waals surface area contributed by atoms with Gasteiger partial charge in [-0.1, -0.05) is 26.7 Å². The number of halogens is 1. The monoisotopic (exact) mass is 389 g/mol. The summed E-state index contributed by atoms with van der Waals surface area (Å²) >= 11 is 0. The minimum Gasteiger partial charge on any atom is -0.345 e. The van der Waals surface area contributed by atoms with E-state index in [4.69, 9.17) is 5.73 Å². The van der Waals surface area contributed by atoms with Crippen molar-refractivity contribution in [3.63, 3.8) is 0 Å². The third-order valence-electron chi connectivity index (χ3n) is 4.44. The van der Waals surface area contributed by atoms with E-state index in [1.807, 2.05) is 13.8 Å². The Hall–Kier alpha value is -1.15. The molecule has 1 aromatic carbocycles. The number of hydrogen-bond donors (Lipinski definition) is 3. The molecule has 0 heterocycles. The minimum atomic E-state index is -3.54. The second kappa shape index (κ2) is 8.98. The predicted octanol–water partition coefficient (Wildman–Crippen LogP) is 2.04. The third-order valence-corrected chi connectivity index (χ3v) is 5.88. The maximum Gasteiger partial charge on any atom is 0.251 e. The maximum absolute atomic E-state index is 12.4. The molecule has 1 amide bonds. The molecule has 0 aromatic heterocycles. The van der Waals surface area contributed by atoms with E-state index in [-0.39, 0.29) is 34.7 Å². The van der Waals surface area contributed by atoms with Crippen LogP contribution in [0.2, 0.25) is 0 Å². The number of nitrogens with one attached hydrogen (secondary N) is 2. The van der Waals surface area contributed by atoms with E-state index in [1.54, 1.807) is 12.1 Å². The van der Waals surface area contributed by atoms with Crippen LogP contribution in [0.25, 0.3) is 0 Å². The molecule has 1 aromatic rings. The molecule has 25 heavy (non-hydrogen) atoms. The summed E-state index contributed by atoms with van der Waals surface area (Å²) in [6, 6.07) is 6.00. The van der Waals surface area contributed by atoms with E-state index in [9.17, 15) is 13.2 Å². The van der Waals surface area contributed by atoms with Gasteiger partial charge in [0.05, 0.1) is 10.4 Å². The zero-order chi connectivity index (χ0) is 17.8. The molecule has 0 spiro atoms. The number of hydrogen-bond acceptors (Lipinski definition) is 4. The molecule has 6 nitrogen and oxygen atoms in total. The molecular weight excluding hydrogens is 362 g/mol. The molecule has 142 valence electrons. The first kappa shape index (κ1) is 21.9. The Morgan fingerprint density at radius 2 is 1.76 bits per heavy atom. The van der Waals surface area contributed by atoms with Crippen molar-refractivity contribution < 1.29 is 13.2 Å². The Bertz CT molecular complexity index is 669. The van der Waals surface area contributed by atoms with Crippen LogP contribution >= 0.6 is 12.4 Å². The summed E-state index contributed by atoms with van der Waals surface area (Å²) in [4.78, 5) is 12.6. The first-order chi connectivity index (χ1) is 11.3. The largest absolute Gasteiger partial charge is 0.345 e. The predicted molar refractivity (Wildman–Crippen MR) is 101 cm³/mol. The fraction of sp³-hybridized carbons (Fsp3) is 0.588. The van der Waals surface area contributed by atoms with E-state index >= 15 is 0 Å². The lowest BCUT2D eigenvalue weighted by molar-refractivity contribution is 0.0903. The number of sulfonamides is 1. The van der Waals surface area contributed by atoms with Crippen molar-refractivity contribution in [1.29, 1.82) is 0 Å². The van der Waals surface area contributed by atoms with Crippen molar-refractivity contribution in [1.82, 2.24) is 10.0 Å².